The molecule has 0 bridgehead atoms. The monoisotopic (exact) mass is 275 g/mol. The molecule has 1 aromatic heterocycles. The predicted octanol–water partition coefficient (Wildman–Crippen LogP) is 4.60. The molecule has 2 aromatic rings. The van der Waals surface area contributed by atoms with Crippen molar-refractivity contribution in [3.05, 3.63) is 52.8 Å². The van der Waals surface area contributed by atoms with E-state index in [0.717, 1.165) is 22.1 Å². The Kier molecular flexibility index (Phi) is 4.46. The average Bonchev–Trinajstić information content (AvgIpc) is 2.85. The largest absolute Gasteiger partial charge is 0.457 e. The molecule has 0 saturated heterocycles. The maximum absolute atomic E-state index is 5.87. The fourth-order valence-electron chi connectivity index (χ4n) is 1.84. The van der Waals surface area contributed by atoms with Gasteiger partial charge in [0.15, 0.2) is 0 Å². The van der Waals surface area contributed by atoms with Gasteiger partial charge in [-0.1, -0.05) is 31.0 Å². The molecule has 0 aliphatic carbocycles. The van der Waals surface area contributed by atoms with Crippen molar-refractivity contribution in [2.45, 2.75) is 13.8 Å². The summed E-state index contributed by atoms with van der Waals surface area (Å²) in [5, 5.41) is 0.723. The lowest BCUT2D eigenvalue weighted by molar-refractivity contribution is 0.570. The van der Waals surface area contributed by atoms with Crippen molar-refractivity contribution >= 4 is 17.7 Å². The third-order valence-electron chi connectivity index (χ3n) is 3.06. The van der Waals surface area contributed by atoms with Crippen LogP contribution in [0.2, 0.25) is 5.02 Å². The topological polar surface area (TPSA) is 39.2 Å². The Morgan fingerprint density at radius 3 is 2.47 bits per heavy atom. The first-order valence-electron chi connectivity index (χ1n) is 6.36. The average molecular weight is 276 g/mol. The summed E-state index contributed by atoms with van der Waals surface area (Å²) in [7, 11) is 0. The second kappa shape index (κ2) is 6.09. The van der Waals surface area contributed by atoms with E-state index in [-0.39, 0.29) is 0 Å². The van der Waals surface area contributed by atoms with Gasteiger partial charge in [-0.2, -0.15) is 0 Å². The molecule has 100 valence electrons. The molecule has 0 aliphatic rings. The maximum Gasteiger partial charge on any atom is 0.134 e. The molecule has 2 rings (SSSR count). The van der Waals surface area contributed by atoms with Gasteiger partial charge in [0.05, 0.1) is 0 Å². The van der Waals surface area contributed by atoms with Gasteiger partial charge in [0, 0.05) is 17.1 Å². The van der Waals surface area contributed by atoms with Gasteiger partial charge in [0.25, 0.3) is 0 Å². The van der Waals surface area contributed by atoms with Crippen LogP contribution in [0.5, 0.6) is 0 Å². The molecule has 0 amide bonds. The summed E-state index contributed by atoms with van der Waals surface area (Å²) < 4.78 is 5.82. The molecule has 0 fully saturated rings. The predicted molar refractivity (Wildman–Crippen MR) is 81.0 cm³/mol. The van der Waals surface area contributed by atoms with E-state index in [1.54, 1.807) is 0 Å². The van der Waals surface area contributed by atoms with Crippen LogP contribution in [0.15, 0.2) is 46.4 Å². The van der Waals surface area contributed by atoms with E-state index >= 15 is 0 Å². The fourth-order valence-corrected chi connectivity index (χ4v) is 1.97. The Morgan fingerprint density at radius 1 is 1.21 bits per heavy atom. The number of nitrogens with two attached hydrogens (primary N) is 1. The minimum absolute atomic E-state index is 0.425. The molecule has 0 radical (unpaired) electrons. The van der Waals surface area contributed by atoms with E-state index in [2.05, 4.69) is 13.8 Å². The van der Waals surface area contributed by atoms with Crippen molar-refractivity contribution in [2.24, 2.45) is 11.7 Å². The van der Waals surface area contributed by atoms with E-state index in [0.29, 0.717) is 12.5 Å². The lowest BCUT2D eigenvalue weighted by Crippen LogP contribution is -2.07. The van der Waals surface area contributed by atoms with E-state index < -0.39 is 0 Å². The standard InChI is InChI=1S/C16H18ClNO/c1-11(2)13(10-18)9-15-7-8-16(19-15)12-3-5-14(17)6-4-12/h3-9,11H,10,18H2,1-2H3. The van der Waals surface area contributed by atoms with Gasteiger partial charge in [0.2, 0.25) is 0 Å². The Morgan fingerprint density at radius 2 is 1.89 bits per heavy atom. The molecule has 3 heteroatoms. The van der Waals surface area contributed by atoms with Crippen molar-refractivity contribution in [3.8, 4) is 11.3 Å². The molecule has 0 spiro atoms. The minimum Gasteiger partial charge on any atom is -0.457 e. The maximum atomic E-state index is 5.87. The Bertz CT molecular complexity index is 567. The molecule has 19 heavy (non-hydrogen) atoms. The van der Waals surface area contributed by atoms with Crippen molar-refractivity contribution in [3.63, 3.8) is 0 Å². The third kappa shape index (κ3) is 3.49. The second-order valence-electron chi connectivity index (χ2n) is 4.79. The number of hydrogen-bond acceptors (Lipinski definition) is 2. The highest BCUT2D eigenvalue weighted by Gasteiger charge is 2.06. The van der Waals surface area contributed by atoms with E-state index in [9.17, 15) is 0 Å². The number of halogens is 1. The summed E-state index contributed by atoms with van der Waals surface area (Å²) in [6.45, 7) is 4.80. The van der Waals surface area contributed by atoms with Gasteiger partial charge in [-0.3, -0.25) is 0 Å². The molecule has 1 aromatic carbocycles. The van der Waals surface area contributed by atoms with E-state index in [4.69, 9.17) is 21.8 Å². The van der Waals surface area contributed by atoms with Crippen LogP contribution in [0.1, 0.15) is 19.6 Å². The quantitative estimate of drug-likeness (QED) is 0.886. The van der Waals surface area contributed by atoms with Crippen molar-refractivity contribution in [1.29, 1.82) is 0 Å². The molecule has 2 nitrogen and oxygen atoms in total. The number of benzene rings is 1. The Hall–Kier alpha value is -1.51. The highest BCUT2D eigenvalue weighted by molar-refractivity contribution is 6.30. The first-order chi connectivity index (χ1) is 9.10. The molecule has 0 atom stereocenters. The first-order valence-corrected chi connectivity index (χ1v) is 6.74. The highest BCUT2D eigenvalue weighted by Crippen LogP contribution is 2.25. The molecule has 1 heterocycles. The first kappa shape index (κ1) is 13.9. The summed E-state index contributed by atoms with van der Waals surface area (Å²) in [6, 6.07) is 11.5. The summed E-state index contributed by atoms with van der Waals surface area (Å²) in [5.74, 6) is 2.09. The van der Waals surface area contributed by atoms with E-state index in [1.807, 2.05) is 42.5 Å². The smallest absolute Gasteiger partial charge is 0.134 e. The lowest BCUT2D eigenvalue weighted by Gasteiger charge is -2.07. The molecule has 0 saturated carbocycles. The molecule has 0 unspecified atom stereocenters. The van der Waals surface area contributed by atoms with Gasteiger partial charge >= 0.3 is 0 Å². The van der Waals surface area contributed by atoms with Gasteiger partial charge in [-0.25, -0.2) is 0 Å². The van der Waals surface area contributed by atoms with Crippen molar-refractivity contribution in [1.82, 2.24) is 0 Å². The van der Waals surface area contributed by atoms with Crippen molar-refractivity contribution in [2.75, 3.05) is 6.54 Å². The van der Waals surface area contributed by atoms with Crippen molar-refractivity contribution < 1.29 is 4.42 Å². The third-order valence-corrected chi connectivity index (χ3v) is 3.31. The lowest BCUT2D eigenvalue weighted by atomic mass is 10.0. The van der Waals surface area contributed by atoms with Gasteiger partial charge in [-0.05, 0) is 48.4 Å². The highest BCUT2D eigenvalue weighted by atomic mass is 35.5. The van der Waals surface area contributed by atoms with Gasteiger partial charge in [0.1, 0.15) is 11.5 Å². The summed E-state index contributed by atoms with van der Waals surface area (Å²) >= 11 is 5.87. The normalized spacial score (nSPS) is 12.2. The van der Waals surface area contributed by atoms with Gasteiger partial charge < -0.3 is 10.2 Å². The zero-order valence-electron chi connectivity index (χ0n) is 11.2. The van der Waals surface area contributed by atoms with Crippen LogP contribution in [0.4, 0.5) is 0 Å². The fraction of sp³-hybridized carbons (Fsp3) is 0.250. The minimum atomic E-state index is 0.425. The Balaban J connectivity index is 2.26. The molecule has 0 aliphatic heterocycles. The SMILES string of the molecule is CC(C)C(=Cc1ccc(-c2ccc(Cl)cc2)o1)CN. The zero-order chi connectivity index (χ0) is 13.8. The van der Waals surface area contributed by atoms with E-state index in [1.165, 1.54) is 5.57 Å². The molecular formula is C16H18ClNO. The van der Waals surface area contributed by atoms with Crippen LogP contribution in [0, 0.1) is 5.92 Å². The van der Waals surface area contributed by atoms with Crippen LogP contribution >= 0.6 is 11.6 Å². The number of hydrogen-bond donors (Lipinski definition) is 1. The van der Waals surface area contributed by atoms with Crippen LogP contribution in [0.3, 0.4) is 0 Å². The van der Waals surface area contributed by atoms with Crippen LogP contribution in [-0.2, 0) is 0 Å². The number of rotatable bonds is 4. The zero-order valence-corrected chi connectivity index (χ0v) is 11.9. The van der Waals surface area contributed by atoms with Crippen LogP contribution < -0.4 is 5.73 Å². The summed E-state index contributed by atoms with van der Waals surface area (Å²) in [5.41, 5.74) is 7.93. The molecular weight excluding hydrogens is 258 g/mol. The number of furan rings is 1. The van der Waals surface area contributed by atoms with Crippen LogP contribution in [0.25, 0.3) is 17.4 Å². The molecule has 2 N–H and O–H groups in total. The summed E-state index contributed by atoms with van der Waals surface area (Å²) in [4.78, 5) is 0. The second-order valence-corrected chi connectivity index (χ2v) is 5.22. The van der Waals surface area contributed by atoms with Gasteiger partial charge in [-0.15, -0.1) is 0 Å². The van der Waals surface area contributed by atoms with Crippen LogP contribution in [-0.4, -0.2) is 6.54 Å². The Labute approximate surface area is 118 Å². The summed E-state index contributed by atoms with van der Waals surface area (Å²) in [6.07, 6.45) is 2.02.